The summed E-state index contributed by atoms with van der Waals surface area (Å²) in [6, 6.07) is 1.95. The van der Waals surface area contributed by atoms with Gasteiger partial charge in [0.05, 0.1) is 11.6 Å². The summed E-state index contributed by atoms with van der Waals surface area (Å²) in [6.45, 7) is 2.95. The van der Waals surface area contributed by atoms with Gasteiger partial charge in [-0.15, -0.1) is 11.3 Å². The van der Waals surface area contributed by atoms with Crippen molar-refractivity contribution in [2.45, 2.75) is 24.4 Å². The van der Waals surface area contributed by atoms with Crippen LogP contribution in [0.25, 0.3) is 10.2 Å². The number of thioether (sulfide) groups is 1. The summed E-state index contributed by atoms with van der Waals surface area (Å²) in [5, 5.41) is 7.88. The van der Waals surface area contributed by atoms with Crippen LogP contribution in [0.1, 0.15) is 12.5 Å². The van der Waals surface area contributed by atoms with Crippen LogP contribution >= 0.6 is 23.1 Å². The van der Waals surface area contributed by atoms with Gasteiger partial charge in [-0.25, -0.2) is 9.97 Å². The van der Waals surface area contributed by atoms with Gasteiger partial charge in [0.2, 0.25) is 0 Å². The van der Waals surface area contributed by atoms with Crippen molar-refractivity contribution in [2.24, 2.45) is 0 Å². The van der Waals surface area contributed by atoms with Gasteiger partial charge in [-0.3, -0.25) is 4.68 Å². The molecular formula is C12H13N5S2. The van der Waals surface area contributed by atoms with E-state index in [1.165, 1.54) is 5.56 Å². The fourth-order valence-electron chi connectivity index (χ4n) is 1.72. The van der Waals surface area contributed by atoms with Crippen LogP contribution in [-0.2, 0) is 12.3 Å². The van der Waals surface area contributed by atoms with Crippen LogP contribution in [-0.4, -0.2) is 19.7 Å². The fourth-order valence-corrected chi connectivity index (χ4v) is 3.32. The predicted octanol–water partition coefficient (Wildman–Crippen LogP) is 2.78. The number of nitrogen functional groups attached to an aromatic ring is 1. The van der Waals surface area contributed by atoms with E-state index in [1.807, 2.05) is 28.5 Å². The zero-order chi connectivity index (χ0) is 13.2. The summed E-state index contributed by atoms with van der Waals surface area (Å²) in [5.74, 6) is 1.36. The van der Waals surface area contributed by atoms with Gasteiger partial charge in [0.1, 0.15) is 10.6 Å². The Morgan fingerprint density at radius 2 is 2.32 bits per heavy atom. The molecule has 2 N–H and O–H groups in total. The highest BCUT2D eigenvalue weighted by molar-refractivity contribution is 7.98. The van der Waals surface area contributed by atoms with Crippen molar-refractivity contribution in [1.82, 2.24) is 19.7 Å². The van der Waals surface area contributed by atoms with Gasteiger partial charge in [-0.2, -0.15) is 5.10 Å². The van der Waals surface area contributed by atoms with Crippen LogP contribution in [0.4, 0.5) is 5.82 Å². The zero-order valence-electron chi connectivity index (χ0n) is 10.4. The SMILES string of the molecule is CCn1cc(CSc2nc(N)c3ccsc3n2)cn1. The maximum absolute atomic E-state index is 5.92. The number of rotatable bonds is 4. The number of thiophene rings is 1. The third-order valence-electron chi connectivity index (χ3n) is 2.71. The number of fused-ring (bicyclic) bond motifs is 1. The average Bonchev–Trinajstić information content (AvgIpc) is 3.05. The van der Waals surface area contributed by atoms with Gasteiger partial charge in [0.25, 0.3) is 0 Å². The highest BCUT2D eigenvalue weighted by Gasteiger charge is 2.07. The van der Waals surface area contributed by atoms with Crippen LogP contribution in [0, 0.1) is 0 Å². The van der Waals surface area contributed by atoms with E-state index in [1.54, 1.807) is 23.1 Å². The Kier molecular flexibility index (Phi) is 3.39. The Morgan fingerprint density at radius 1 is 1.42 bits per heavy atom. The molecule has 0 unspecified atom stereocenters. The van der Waals surface area contributed by atoms with Crippen LogP contribution in [0.5, 0.6) is 0 Å². The van der Waals surface area contributed by atoms with E-state index in [0.717, 1.165) is 27.7 Å². The van der Waals surface area contributed by atoms with Crippen LogP contribution < -0.4 is 5.73 Å². The van der Waals surface area contributed by atoms with Crippen molar-refractivity contribution in [3.63, 3.8) is 0 Å². The van der Waals surface area contributed by atoms with Gasteiger partial charge < -0.3 is 5.73 Å². The number of nitrogens with two attached hydrogens (primary N) is 1. The van der Waals surface area contributed by atoms with E-state index in [2.05, 4.69) is 22.0 Å². The molecule has 0 saturated carbocycles. The summed E-state index contributed by atoms with van der Waals surface area (Å²) in [4.78, 5) is 9.77. The lowest BCUT2D eigenvalue weighted by atomic mass is 10.4. The summed E-state index contributed by atoms with van der Waals surface area (Å²) in [5.41, 5.74) is 7.09. The van der Waals surface area contributed by atoms with E-state index in [-0.39, 0.29) is 0 Å². The zero-order valence-corrected chi connectivity index (χ0v) is 12.0. The topological polar surface area (TPSA) is 69.6 Å². The molecule has 0 fully saturated rings. The molecular weight excluding hydrogens is 278 g/mol. The molecule has 3 aromatic heterocycles. The Labute approximate surface area is 118 Å². The van der Waals surface area contributed by atoms with Crippen molar-refractivity contribution >= 4 is 39.1 Å². The van der Waals surface area contributed by atoms with Crippen molar-refractivity contribution in [1.29, 1.82) is 0 Å². The van der Waals surface area contributed by atoms with Gasteiger partial charge in [-0.1, -0.05) is 11.8 Å². The Morgan fingerprint density at radius 3 is 3.11 bits per heavy atom. The summed E-state index contributed by atoms with van der Waals surface area (Å²) in [6.07, 6.45) is 3.92. The van der Waals surface area contributed by atoms with Gasteiger partial charge in [-0.05, 0) is 18.4 Å². The molecule has 0 radical (unpaired) electrons. The van der Waals surface area contributed by atoms with Gasteiger partial charge in [0.15, 0.2) is 5.16 Å². The normalized spacial score (nSPS) is 11.2. The second-order valence-corrected chi connectivity index (χ2v) is 5.86. The molecule has 19 heavy (non-hydrogen) atoms. The van der Waals surface area contributed by atoms with Crippen molar-refractivity contribution in [3.05, 3.63) is 29.4 Å². The lowest BCUT2D eigenvalue weighted by Crippen LogP contribution is -1.95. The summed E-state index contributed by atoms with van der Waals surface area (Å²) < 4.78 is 1.91. The molecule has 0 amide bonds. The highest BCUT2D eigenvalue weighted by Crippen LogP contribution is 2.27. The monoisotopic (exact) mass is 291 g/mol. The number of aromatic nitrogens is 4. The summed E-state index contributed by atoms with van der Waals surface area (Å²) >= 11 is 3.17. The van der Waals surface area contributed by atoms with Crippen LogP contribution in [0.15, 0.2) is 29.0 Å². The third kappa shape index (κ3) is 2.57. The molecule has 0 bridgehead atoms. The van der Waals surface area contributed by atoms with Gasteiger partial charge in [0, 0.05) is 24.1 Å². The first-order valence-electron chi connectivity index (χ1n) is 5.91. The van der Waals surface area contributed by atoms with Crippen LogP contribution in [0.2, 0.25) is 0 Å². The quantitative estimate of drug-likeness (QED) is 0.591. The molecule has 3 aromatic rings. The third-order valence-corrected chi connectivity index (χ3v) is 4.44. The van der Waals surface area contributed by atoms with Crippen molar-refractivity contribution in [2.75, 3.05) is 5.73 Å². The number of anilines is 1. The molecule has 0 aromatic carbocycles. The predicted molar refractivity (Wildman–Crippen MR) is 79.3 cm³/mol. The van der Waals surface area contributed by atoms with Crippen LogP contribution in [0.3, 0.4) is 0 Å². The molecule has 0 atom stereocenters. The second kappa shape index (κ2) is 5.18. The lowest BCUT2D eigenvalue weighted by Gasteiger charge is -2.01. The molecule has 0 spiro atoms. The van der Waals surface area contributed by atoms with E-state index >= 15 is 0 Å². The van der Waals surface area contributed by atoms with Gasteiger partial charge >= 0.3 is 0 Å². The first-order valence-corrected chi connectivity index (χ1v) is 7.77. The van der Waals surface area contributed by atoms with E-state index in [9.17, 15) is 0 Å². The smallest absolute Gasteiger partial charge is 0.191 e. The maximum atomic E-state index is 5.92. The van der Waals surface area contributed by atoms with E-state index in [4.69, 9.17) is 5.73 Å². The molecule has 0 aliphatic heterocycles. The molecule has 5 nitrogen and oxygen atoms in total. The lowest BCUT2D eigenvalue weighted by molar-refractivity contribution is 0.659. The Hall–Kier alpha value is -1.60. The van der Waals surface area contributed by atoms with Crippen molar-refractivity contribution < 1.29 is 0 Å². The second-order valence-electron chi connectivity index (χ2n) is 4.02. The standard InChI is InChI=1S/C12H13N5S2/c1-2-17-6-8(5-14-17)7-19-12-15-10(13)9-3-4-18-11(9)16-12/h3-6H,2,7H2,1H3,(H2,13,15,16). The molecule has 0 aliphatic carbocycles. The minimum atomic E-state index is 0.554. The minimum Gasteiger partial charge on any atom is -0.383 e. The molecule has 0 aliphatic rings. The minimum absolute atomic E-state index is 0.554. The molecule has 7 heteroatoms. The Balaban J connectivity index is 1.77. The molecule has 3 rings (SSSR count). The number of hydrogen-bond acceptors (Lipinski definition) is 6. The number of aryl methyl sites for hydroxylation is 1. The maximum Gasteiger partial charge on any atom is 0.191 e. The average molecular weight is 291 g/mol. The van der Waals surface area contributed by atoms with Crippen molar-refractivity contribution in [3.8, 4) is 0 Å². The Bertz CT molecular complexity index is 703. The first-order chi connectivity index (χ1) is 9.26. The number of nitrogens with zero attached hydrogens (tertiary/aromatic N) is 4. The summed E-state index contributed by atoms with van der Waals surface area (Å²) in [7, 11) is 0. The van der Waals surface area contributed by atoms with E-state index < -0.39 is 0 Å². The molecule has 3 heterocycles. The largest absolute Gasteiger partial charge is 0.383 e. The number of hydrogen-bond donors (Lipinski definition) is 1. The molecule has 0 saturated heterocycles. The van der Waals surface area contributed by atoms with E-state index in [0.29, 0.717) is 5.82 Å². The first kappa shape index (κ1) is 12.4. The highest BCUT2D eigenvalue weighted by atomic mass is 32.2. The fraction of sp³-hybridized carbons (Fsp3) is 0.250. The molecule has 98 valence electrons.